The Morgan fingerprint density at radius 3 is 2.34 bits per heavy atom. The minimum absolute atomic E-state index is 0.00845. The van der Waals surface area contributed by atoms with Crippen molar-refractivity contribution < 1.29 is 32.3 Å². The highest BCUT2D eigenvalue weighted by molar-refractivity contribution is 8.18. The maximum atomic E-state index is 13.0. The number of amides is 1. The number of thioether (sulfide) groups is 1. The Morgan fingerprint density at radius 1 is 1.11 bits per heavy atom. The summed E-state index contributed by atoms with van der Waals surface area (Å²) < 4.78 is 32.5. The molecule has 0 radical (unpaired) electrons. The van der Waals surface area contributed by atoms with Crippen LogP contribution in [0.15, 0.2) is 69.4 Å². The van der Waals surface area contributed by atoms with Crippen LogP contribution >= 0.6 is 11.8 Å². The minimum atomic E-state index is -3.80. The predicted octanol–water partition coefficient (Wildman–Crippen LogP) is 2.37. The molecule has 1 aliphatic rings. The molecule has 0 unspecified atom stereocenters. The fourth-order valence-corrected chi connectivity index (χ4v) is 4.54. The SMILES string of the molecule is CCOC(=O)c1ccc(N=C2SC(=CC(=O)OC)C(=O)N2CCc2ccc(S(N)(=O)=O)cc2)cc1. The van der Waals surface area contributed by atoms with E-state index < -0.39 is 27.9 Å². The molecule has 0 spiro atoms. The van der Waals surface area contributed by atoms with Crippen molar-refractivity contribution in [2.45, 2.75) is 18.2 Å². The Morgan fingerprint density at radius 2 is 1.77 bits per heavy atom. The van der Waals surface area contributed by atoms with E-state index in [1.165, 1.54) is 24.1 Å². The zero-order valence-corrected chi connectivity index (χ0v) is 20.6. The molecule has 2 aromatic rings. The number of nitrogens with two attached hydrogens (primary N) is 1. The third-order valence-corrected chi connectivity index (χ3v) is 6.75. The summed E-state index contributed by atoms with van der Waals surface area (Å²) in [7, 11) is -2.59. The Balaban J connectivity index is 1.84. The molecule has 0 aliphatic carbocycles. The number of carbonyl (C=O) groups excluding carboxylic acids is 3. The molecule has 12 heteroatoms. The molecule has 2 N–H and O–H groups in total. The first-order valence-corrected chi connectivity index (χ1v) is 12.8. The Kier molecular flexibility index (Phi) is 8.43. The highest BCUT2D eigenvalue weighted by Gasteiger charge is 2.34. The van der Waals surface area contributed by atoms with E-state index in [0.29, 0.717) is 22.8 Å². The fraction of sp³-hybridized carbons (Fsp3) is 0.217. The molecule has 1 heterocycles. The van der Waals surface area contributed by atoms with E-state index in [2.05, 4.69) is 9.73 Å². The van der Waals surface area contributed by atoms with Crippen LogP contribution < -0.4 is 5.14 Å². The van der Waals surface area contributed by atoms with Gasteiger partial charge >= 0.3 is 11.9 Å². The van der Waals surface area contributed by atoms with Crippen molar-refractivity contribution in [2.75, 3.05) is 20.3 Å². The van der Waals surface area contributed by atoms with Gasteiger partial charge < -0.3 is 9.47 Å². The number of methoxy groups -OCH3 is 1. The summed E-state index contributed by atoms with van der Waals surface area (Å²) in [5.41, 5.74) is 1.64. The second-order valence-electron chi connectivity index (χ2n) is 7.19. The van der Waals surface area contributed by atoms with Crippen molar-refractivity contribution in [2.24, 2.45) is 10.1 Å². The van der Waals surface area contributed by atoms with E-state index in [1.807, 2.05) is 0 Å². The standard InChI is InChI=1S/C23H23N3O7S2/c1-3-33-22(29)16-6-8-17(9-7-16)25-23-26(21(28)19(34-23)14-20(27)32-2)13-12-15-4-10-18(11-5-15)35(24,30)31/h4-11,14H,3,12-13H2,1-2H3,(H2,24,30,31). The highest BCUT2D eigenvalue weighted by atomic mass is 32.2. The summed E-state index contributed by atoms with van der Waals surface area (Å²) in [6.45, 7) is 2.20. The fourth-order valence-electron chi connectivity index (χ4n) is 3.04. The highest BCUT2D eigenvalue weighted by Crippen LogP contribution is 2.33. The van der Waals surface area contributed by atoms with Crippen LogP contribution in [0.4, 0.5) is 5.69 Å². The van der Waals surface area contributed by atoms with Gasteiger partial charge in [0.25, 0.3) is 5.91 Å². The molecule has 1 amide bonds. The number of benzene rings is 2. The van der Waals surface area contributed by atoms with E-state index in [0.717, 1.165) is 23.4 Å². The van der Waals surface area contributed by atoms with Gasteiger partial charge in [-0.15, -0.1) is 0 Å². The molecule has 184 valence electrons. The smallest absolute Gasteiger partial charge is 0.338 e. The van der Waals surface area contributed by atoms with Crippen molar-refractivity contribution >= 4 is 50.5 Å². The molecule has 1 aliphatic heterocycles. The molecule has 0 bridgehead atoms. The van der Waals surface area contributed by atoms with Gasteiger partial charge in [0.1, 0.15) is 0 Å². The first-order chi connectivity index (χ1) is 16.6. The number of rotatable bonds is 8. The number of primary sulfonamides is 1. The summed E-state index contributed by atoms with van der Waals surface area (Å²) in [5.74, 6) is -1.53. The van der Waals surface area contributed by atoms with Gasteiger partial charge in [0.05, 0.1) is 34.8 Å². The third kappa shape index (κ3) is 6.78. The summed E-state index contributed by atoms with van der Waals surface area (Å²) in [5, 5.41) is 5.47. The van der Waals surface area contributed by atoms with Gasteiger partial charge in [-0.25, -0.2) is 28.1 Å². The molecule has 3 rings (SSSR count). The largest absolute Gasteiger partial charge is 0.466 e. The number of amidine groups is 1. The van der Waals surface area contributed by atoms with Crippen LogP contribution in [0, 0.1) is 0 Å². The maximum absolute atomic E-state index is 13.0. The van der Waals surface area contributed by atoms with Crippen LogP contribution in [0.2, 0.25) is 0 Å². The predicted molar refractivity (Wildman–Crippen MR) is 130 cm³/mol. The number of carbonyl (C=O) groups is 3. The van der Waals surface area contributed by atoms with Crippen molar-refractivity contribution in [3.05, 3.63) is 70.6 Å². The van der Waals surface area contributed by atoms with Gasteiger partial charge in [-0.3, -0.25) is 9.69 Å². The number of hydrogen-bond acceptors (Lipinski definition) is 9. The van der Waals surface area contributed by atoms with E-state index in [-0.39, 0.29) is 23.0 Å². The molecule has 2 aromatic carbocycles. The van der Waals surface area contributed by atoms with E-state index in [4.69, 9.17) is 9.88 Å². The summed E-state index contributed by atoms with van der Waals surface area (Å²) in [4.78, 5) is 42.6. The lowest BCUT2D eigenvalue weighted by molar-refractivity contribution is -0.135. The molecule has 1 saturated heterocycles. The first kappa shape index (κ1) is 26.1. The molecular weight excluding hydrogens is 494 g/mol. The van der Waals surface area contributed by atoms with Gasteiger partial charge in [-0.1, -0.05) is 12.1 Å². The second-order valence-corrected chi connectivity index (χ2v) is 9.76. The summed E-state index contributed by atoms with van der Waals surface area (Å²) in [6, 6.07) is 12.4. The average Bonchev–Trinajstić information content (AvgIpc) is 3.11. The molecular formula is C23H23N3O7S2. The number of hydrogen-bond donors (Lipinski definition) is 1. The lowest BCUT2D eigenvalue weighted by Gasteiger charge is -2.15. The molecule has 10 nitrogen and oxygen atoms in total. The molecule has 0 atom stereocenters. The topological polar surface area (TPSA) is 145 Å². The van der Waals surface area contributed by atoms with Crippen LogP contribution in [0.1, 0.15) is 22.8 Å². The van der Waals surface area contributed by atoms with E-state index in [9.17, 15) is 22.8 Å². The number of ether oxygens (including phenoxy) is 2. The first-order valence-electron chi connectivity index (χ1n) is 10.4. The van der Waals surface area contributed by atoms with Crippen LogP contribution in [0.25, 0.3) is 0 Å². The summed E-state index contributed by atoms with van der Waals surface area (Å²) in [6.07, 6.45) is 1.50. The van der Waals surface area contributed by atoms with Crippen molar-refractivity contribution in [3.8, 4) is 0 Å². The van der Waals surface area contributed by atoms with Crippen molar-refractivity contribution in [3.63, 3.8) is 0 Å². The van der Waals surface area contributed by atoms with Gasteiger partial charge in [-0.05, 0) is 67.1 Å². The van der Waals surface area contributed by atoms with Gasteiger partial charge in [0.2, 0.25) is 10.0 Å². The zero-order chi connectivity index (χ0) is 25.6. The average molecular weight is 518 g/mol. The molecule has 1 fully saturated rings. The zero-order valence-electron chi connectivity index (χ0n) is 19.0. The lowest BCUT2D eigenvalue weighted by Crippen LogP contribution is -2.31. The van der Waals surface area contributed by atoms with Crippen molar-refractivity contribution in [1.29, 1.82) is 0 Å². The number of nitrogens with zero attached hydrogens (tertiary/aromatic N) is 2. The van der Waals surface area contributed by atoms with Gasteiger partial charge in [0, 0.05) is 12.6 Å². The lowest BCUT2D eigenvalue weighted by atomic mass is 10.1. The monoisotopic (exact) mass is 517 g/mol. The quantitative estimate of drug-likeness (QED) is 0.415. The molecule has 0 saturated carbocycles. The van der Waals surface area contributed by atoms with E-state index in [1.54, 1.807) is 43.3 Å². The van der Waals surface area contributed by atoms with E-state index >= 15 is 0 Å². The normalized spacial score (nSPS) is 16.1. The van der Waals surface area contributed by atoms with Crippen LogP contribution in [0.3, 0.4) is 0 Å². The minimum Gasteiger partial charge on any atom is -0.466 e. The Labute approximate surface area is 206 Å². The molecule has 0 aromatic heterocycles. The third-order valence-electron chi connectivity index (χ3n) is 4.82. The van der Waals surface area contributed by atoms with Crippen LogP contribution in [-0.2, 0) is 35.5 Å². The molecule has 35 heavy (non-hydrogen) atoms. The number of sulfonamides is 1. The second kappa shape index (κ2) is 11.3. The van der Waals surface area contributed by atoms with Gasteiger partial charge in [-0.2, -0.15) is 0 Å². The summed E-state index contributed by atoms with van der Waals surface area (Å²) >= 11 is 1.02. The van der Waals surface area contributed by atoms with Crippen LogP contribution in [0.5, 0.6) is 0 Å². The van der Waals surface area contributed by atoms with Gasteiger partial charge in [0.15, 0.2) is 5.17 Å². The van der Waals surface area contributed by atoms with Crippen LogP contribution in [-0.4, -0.2) is 56.6 Å². The number of esters is 2. The Hall–Kier alpha value is -3.48. The maximum Gasteiger partial charge on any atom is 0.338 e. The number of aliphatic imine (C=N–C) groups is 1. The van der Waals surface area contributed by atoms with Crippen molar-refractivity contribution in [1.82, 2.24) is 4.90 Å². The Bertz CT molecular complexity index is 1290.